The Morgan fingerprint density at radius 3 is 2.72 bits per heavy atom. The minimum atomic E-state index is -0.609. The summed E-state index contributed by atoms with van der Waals surface area (Å²) in [4.78, 5) is 35.8. The van der Waals surface area contributed by atoms with Gasteiger partial charge < -0.3 is 23.4 Å². The number of benzene rings is 2. The zero-order valence-corrected chi connectivity index (χ0v) is 17.3. The standard InChI is InChI=1S/C23H21NO8/c1-2-28-23(27)24-16-5-6-17-15(10-22(26)32-19(17)11-16)12-29-21(25)8-4-14-3-7-18-20(9-14)31-13-30-18/h3,5-7,9-11H,2,4,8,12-13H2,1H3,(H,24,27). The number of nitrogens with one attached hydrogen (secondary N) is 1. The summed E-state index contributed by atoms with van der Waals surface area (Å²) in [5.41, 5.74) is 1.53. The van der Waals surface area contributed by atoms with Crippen molar-refractivity contribution in [1.29, 1.82) is 0 Å². The first-order chi connectivity index (χ1) is 15.5. The van der Waals surface area contributed by atoms with Crippen molar-refractivity contribution in [3.8, 4) is 11.5 Å². The van der Waals surface area contributed by atoms with Crippen LogP contribution in [0.25, 0.3) is 11.0 Å². The lowest BCUT2D eigenvalue weighted by atomic mass is 10.1. The molecule has 9 nitrogen and oxygen atoms in total. The predicted octanol–water partition coefficient (Wildman–Crippen LogP) is 3.77. The molecule has 166 valence electrons. The quantitative estimate of drug-likeness (QED) is 0.437. The molecule has 0 radical (unpaired) electrons. The minimum absolute atomic E-state index is 0.0767. The van der Waals surface area contributed by atoms with Crippen LogP contribution in [0.5, 0.6) is 11.5 Å². The zero-order valence-electron chi connectivity index (χ0n) is 17.3. The second kappa shape index (κ2) is 9.42. The molecule has 0 bridgehead atoms. The fraction of sp³-hybridized carbons (Fsp3) is 0.261. The molecule has 1 amide bonds. The van der Waals surface area contributed by atoms with Crippen molar-refractivity contribution in [2.75, 3.05) is 18.7 Å². The Balaban J connectivity index is 1.39. The average Bonchev–Trinajstić information content (AvgIpc) is 3.23. The summed E-state index contributed by atoms with van der Waals surface area (Å²) in [5, 5.41) is 3.15. The van der Waals surface area contributed by atoms with Crippen molar-refractivity contribution in [3.63, 3.8) is 0 Å². The predicted molar refractivity (Wildman–Crippen MR) is 114 cm³/mol. The third kappa shape index (κ3) is 5.00. The highest BCUT2D eigenvalue weighted by Gasteiger charge is 2.15. The van der Waals surface area contributed by atoms with Gasteiger partial charge in [0.1, 0.15) is 12.2 Å². The van der Waals surface area contributed by atoms with Gasteiger partial charge in [-0.15, -0.1) is 0 Å². The van der Waals surface area contributed by atoms with E-state index in [1.807, 2.05) is 18.2 Å². The van der Waals surface area contributed by atoms with Crippen molar-refractivity contribution < 1.29 is 33.0 Å². The van der Waals surface area contributed by atoms with Crippen LogP contribution < -0.4 is 20.4 Å². The molecule has 0 unspecified atom stereocenters. The number of carbonyl (C=O) groups is 2. The highest BCUT2D eigenvalue weighted by atomic mass is 16.7. The van der Waals surface area contributed by atoms with Gasteiger partial charge in [0, 0.05) is 35.2 Å². The van der Waals surface area contributed by atoms with Crippen molar-refractivity contribution in [2.24, 2.45) is 0 Å². The SMILES string of the molecule is CCOC(=O)Nc1ccc2c(COC(=O)CCc3ccc4c(c3)OCO4)cc(=O)oc2c1. The molecule has 1 aromatic heterocycles. The van der Waals surface area contributed by atoms with E-state index >= 15 is 0 Å². The van der Waals surface area contributed by atoms with Gasteiger partial charge in [-0.25, -0.2) is 9.59 Å². The molecule has 0 saturated carbocycles. The van der Waals surface area contributed by atoms with Crippen LogP contribution in [0.2, 0.25) is 0 Å². The number of aryl methyl sites for hydroxylation is 1. The summed E-state index contributed by atoms with van der Waals surface area (Å²) >= 11 is 0. The Morgan fingerprint density at radius 1 is 1.03 bits per heavy atom. The lowest BCUT2D eigenvalue weighted by Gasteiger charge is -2.09. The molecule has 0 spiro atoms. The van der Waals surface area contributed by atoms with Crippen LogP contribution in [-0.2, 0) is 27.3 Å². The molecule has 0 atom stereocenters. The van der Waals surface area contributed by atoms with Crippen LogP contribution in [-0.4, -0.2) is 25.5 Å². The molecule has 1 N–H and O–H groups in total. The third-order valence-electron chi connectivity index (χ3n) is 4.80. The van der Waals surface area contributed by atoms with Crippen LogP contribution >= 0.6 is 0 Å². The molecule has 32 heavy (non-hydrogen) atoms. The molecular formula is C23H21NO8. The van der Waals surface area contributed by atoms with E-state index in [-0.39, 0.29) is 32.0 Å². The monoisotopic (exact) mass is 439 g/mol. The van der Waals surface area contributed by atoms with E-state index in [1.54, 1.807) is 19.1 Å². The fourth-order valence-electron chi connectivity index (χ4n) is 3.29. The molecule has 1 aliphatic rings. The molecule has 0 saturated heterocycles. The van der Waals surface area contributed by atoms with Gasteiger partial charge in [-0.2, -0.15) is 0 Å². The summed E-state index contributed by atoms with van der Waals surface area (Å²) in [6.45, 7) is 2.05. The first-order valence-corrected chi connectivity index (χ1v) is 10.1. The lowest BCUT2D eigenvalue weighted by molar-refractivity contribution is -0.144. The van der Waals surface area contributed by atoms with E-state index in [1.165, 1.54) is 12.1 Å². The summed E-state index contributed by atoms with van der Waals surface area (Å²) in [7, 11) is 0. The number of hydrogen-bond donors (Lipinski definition) is 1. The topological polar surface area (TPSA) is 113 Å². The van der Waals surface area contributed by atoms with Gasteiger partial charge in [0.2, 0.25) is 6.79 Å². The molecule has 1 aliphatic heterocycles. The third-order valence-corrected chi connectivity index (χ3v) is 4.80. The maximum absolute atomic E-state index is 12.2. The fourth-order valence-corrected chi connectivity index (χ4v) is 3.29. The van der Waals surface area contributed by atoms with Gasteiger partial charge in [-0.3, -0.25) is 10.1 Å². The number of amides is 1. The molecule has 3 aromatic rings. The molecule has 0 fully saturated rings. The maximum atomic E-state index is 12.2. The smallest absolute Gasteiger partial charge is 0.411 e. The molecule has 0 aliphatic carbocycles. The van der Waals surface area contributed by atoms with Gasteiger partial charge in [-0.05, 0) is 43.2 Å². The Kier molecular flexibility index (Phi) is 6.25. The number of esters is 1. The van der Waals surface area contributed by atoms with Crippen LogP contribution in [0, 0.1) is 0 Å². The van der Waals surface area contributed by atoms with Gasteiger partial charge in [0.15, 0.2) is 11.5 Å². The molecule has 4 rings (SSSR count). The number of hydrogen-bond acceptors (Lipinski definition) is 8. The molecule has 2 heterocycles. The van der Waals surface area contributed by atoms with Crippen molar-refractivity contribution >= 4 is 28.7 Å². The Bertz CT molecular complexity index is 1220. The van der Waals surface area contributed by atoms with Crippen LogP contribution in [0.1, 0.15) is 24.5 Å². The van der Waals surface area contributed by atoms with E-state index in [9.17, 15) is 14.4 Å². The number of ether oxygens (including phenoxy) is 4. The van der Waals surface area contributed by atoms with Crippen molar-refractivity contribution in [3.05, 3.63) is 64.0 Å². The normalized spacial score (nSPS) is 11.9. The van der Waals surface area contributed by atoms with Gasteiger partial charge in [0.25, 0.3) is 0 Å². The highest BCUT2D eigenvalue weighted by Crippen LogP contribution is 2.32. The van der Waals surface area contributed by atoms with Crippen LogP contribution in [0.15, 0.2) is 51.7 Å². The van der Waals surface area contributed by atoms with Crippen molar-refractivity contribution in [2.45, 2.75) is 26.4 Å². The van der Waals surface area contributed by atoms with E-state index in [4.69, 9.17) is 23.4 Å². The number of anilines is 1. The summed E-state index contributed by atoms with van der Waals surface area (Å²) in [6, 6.07) is 11.6. The lowest BCUT2D eigenvalue weighted by Crippen LogP contribution is -2.13. The van der Waals surface area contributed by atoms with E-state index in [2.05, 4.69) is 5.32 Å². The first-order valence-electron chi connectivity index (χ1n) is 10.1. The Morgan fingerprint density at radius 2 is 1.88 bits per heavy atom. The van der Waals surface area contributed by atoms with E-state index in [0.717, 1.165) is 5.56 Å². The van der Waals surface area contributed by atoms with E-state index in [0.29, 0.717) is 34.6 Å². The van der Waals surface area contributed by atoms with Crippen LogP contribution in [0.4, 0.5) is 10.5 Å². The largest absolute Gasteiger partial charge is 0.461 e. The van der Waals surface area contributed by atoms with Crippen LogP contribution in [0.3, 0.4) is 0 Å². The zero-order chi connectivity index (χ0) is 22.5. The number of rotatable bonds is 7. The summed E-state index contributed by atoms with van der Waals surface area (Å²) < 4.78 is 26.0. The Labute approximate surface area is 182 Å². The minimum Gasteiger partial charge on any atom is -0.461 e. The Hall–Kier alpha value is -4.01. The summed E-state index contributed by atoms with van der Waals surface area (Å²) in [6.07, 6.45) is 0.0459. The molecule has 2 aromatic carbocycles. The maximum Gasteiger partial charge on any atom is 0.411 e. The number of fused-ring (bicyclic) bond motifs is 2. The second-order valence-corrected chi connectivity index (χ2v) is 7.00. The molecule has 9 heteroatoms. The first kappa shape index (κ1) is 21.2. The van der Waals surface area contributed by atoms with Gasteiger partial charge in [-0.1, -0.05) is 6.07 Å². The van der Waals surface area contributed by atoms with E-state index < -0.39 is 17.7 Å². The second-order valence-electron chi connectivity index (χ2n) is 7.00. The number of carbonyl (C=O) groups excluding carboxylic acids is 2. The van der Waals surface area contributed by atoms with Crippen molar-refractivity contribution in [1.82, 2.24) is 0 Å². The highest BCUT2D eigenvalue weighted by molar-refractivity contribution is 5.90. The average molecular weight is 439 g/mol. The molecular weight excluding hydrogens is 418 g/mol. The summed E-state index contributed by atoms with van der Waals surface area (Å²) in [5.74, 6) is 0.951. The van der Waals surface area contributed by atoms with Gasteiger partial charge >= 0.3 is 17.7 Å². The van der Waals surface area contributed by atoms with Gasteiger partial charge in [0.05, 0.1) is 6.61 Å².